The van der Waals surface area contributed by atoms with Gasteiger partial charge in [0, 0.05) is 56.6 Å². The summed E-state index contributed by atoms with van der Waals surface area (Å²) in [6, 6.07) is 7.77. The highest BCUT2D eigenvalue weighted by molar-refractivity contribution is 7.14. The monoisotopic (exact) mass is 441 g/mol. The van der Waals surface area contributed by atoms with E-state index in [9.17, 15) is 4.79 Å². The van der Waals surface area contributed by atoms with Gasteiger partial charge in [-0.25, -0.2) is 9.97 Å². The molecular weight excluding hydrogens is 414 g/mol. The van der Waals surface area contributed by atoms with E-state index in [1.165, 1.54) is 11.3 Å². The Hall–Kier alpha value is -2.75. The van der Waals surface area contributed by atoms with Crippen LogP contribution in [0.5, 0.6) is 5.75 Å². The SMILES string of the molecule is COc1ccc(-c2csc(N(CCCN3CCOCC3)C(=O)c3nccn3C)n2)cc1. The number of carbonyl (C=O) groups is 1. The number of anilines is 1. The normalized spacial score (nSPS) is 14.5. The molecule has 3 heterocycles. The number of ether oxygens (including phenoxy) is 2. The van der Waals surface area contributed by atoms with E-state index in [1.807, 2.05) is 36.7 Å². The van der Waals surface area contributed by atoms with Crippen LogP contribution in [0.2, 0.25) is 0 Å². The van der Waals surface area contributed by atoms with Crippen LogP contribution < -0.4 is 9.64 Å². The number of aromatic nitrogens is 3. The first-order valence-electron chi connectivity index (χ1n) is 10.3. The van der Waals surface area contributed by atoms with E-state index >= 15 is 0 Å². The molecule has 164 valence electrons. The van der Waals surface area contributed by atoms with Crippen molar-refractivity contribution in [2.45, 2.75) is 6.42 Å². The van der Waals surface area contributed by atoms with Crippen molar-refractivity contribution in [3.05, 3.63) is 47.9 Å². The predicted octanol–water partition coefficient (Wildman–Crippen LogP) is 2.92. The number of carbonyl (C=O) groups excluding carboxylic acids is 1. The molecule has 0 aliphatic carbocycles. The van der Waals surface area contributed by atoms with Crippen molar-refractivity contribution in [3.8, 4) is 17.0 Å². The van der Waals surface area contributed by atoms with Crippen molar-refractivity contribution in [2.24, 2.45) is 7.05 Å². The summed E-state index contributed by atoms with van der Waals surface area (Å²) in [4.78, 5) is 26.4. The van der Waals surface area contributed by atoms with Crippen molar-refractivity contribution in [1.82, 2.24) is 19.4 Å². The fraction of sp³-hybridized carbons (Fsp3) is 0.409. The Morgan fingerprint density at radius 3 is 2.71 bits per heavy atom. The van der Waals surface area contributed by atoms with E-state index in [1.54, 1.807) is 29.0 Å². The molecule has 1 aliphatic heterocycles. The molecule has 0 radical (unpaired) electrons. The topological polar surface area (TPSA) is 72.7 Å². The van der Waals surface area contributed by atoms with Gasteiger partial charge in [-0.1, -0.05) is 0 Å². The van der Waals surface area contributed by atoms with Crippen LogP contribution in [0, 0.1) is 0 Å². The van der Waals surface area contributed by atoms with Crippen LogP contribution in [0.1, 0.15) is 17.0 Å². The number of nitrogens with zero attached hydrogens (tertiary/aromatic N) is 5. The summed E-state index contributed by atoms with van der Waals surface area (Å²) in [5.41, 5.74) is 1.83. The summed E-state index contributed by atoms with van der Waals surface area (Å²) in [5, 5.41) is 2.67. The van der Waals surface area contributed by atoms with Crippen LogP contribution in [0.4, 0.5) is 5.13 Å². The van der Waals surface area contributed by atoms with Crippen LogP contribution in [-0.4, -0.2) is 71.8 Å². The number of rotatable bonds is 8. The maximum Gasteiger partial charge on any atom is 0.296 e. The van der Waals surface area contributed by atoms with Crippen molar-refractivity contribution in [3.63, 3.8) is 0 Å². The lowest BCUT2D eigenvalue weighted by Gasteiger charge is -2.27. The highest BCUT2D eigenvalue weighted by atomic mass is 32.1. The van der Waals surface area contributed by atoms with Gasteiger partial charge in [0.05, 0.1) is 26.0 Å². The molecular formula is C22H27N5O3S. The summed E-state index contributed by atoms with van der Waals surface area (Å²) in [6.07, 6.45) is 4.28. The van der Waals surface area contributed by atoms with Crippen LogP contribution in [0.3, 0.4) is 0 Å². The van der Waals surface area contributed by atoms with Gasteiger partial charge in [0.2, 0.25) is 0 Å². The van der Waals surface area contributed by atoms with Gasteiger partial charge in [0.15, 0.2) is 11.0 Å². The lowest BCUT2D eigenvalue weighted by molar-refractivity contribution is 0.0376. The Morgan fingerprint density at radius 1 is 1.26 bits per heavy atom. The Kier molecular flexibility index (Phi) is 6.96. The lowest BCUT2D eigenvalue weighted by Crippen LogP contribution is -2.39. The number of aryl methyl sites for hydroxylation is 1. The molecule has 0 unspecified atom stereocenters. The third-order valence-corrected chi connectivity index (χ3v) is 6.19. The number of benzene rings is 1. The predicted molar refractivity (Wildman–Crippen MR) is 121 cm³/mol. The molecule has 4 rings (SSSR count). The van der Waals surface area contributed by atoms with Crippen molar-refractivity contribution >= 4 is 22.4 Å². The summed E-state index contributed by atoms with van der Waals surface area (Å²) in [6.45, 7) is 4.92. The second-order valence-electron chi connectivity index (χ2n) is 7.37. The number of methoxy groups -OCH3 is 1. The van der Waals surface area contributed by atoms with Gasteiger partial charge in [0.1, 0.15) is 5.75 Å². The highest BCUT2D eigenvalue weighted by Gasteiger charge is 2.24. The number of hydrogen-bond acceptors (Lipinski definition) is 7. The van der Waals surface area contributed by atoms with E-state index < -0.39 is 0 Å². The summed E-state index contributed by atoms with van der Waals surface area (Å²) < 4.78 is 12.4. The molecule has 0 atom stereocenters. The minimum atomic E-state index is -0.134. The second-order valence-corrected chi connectivity index (χ2v) is 8.21. The molecule has 1 amide bonds. The van der Waals surface area contributed by atoms with E-state index in [-0.39, 0.29) is 5.91 Å². The van der Waals surface area contributed by atoms with Gasteiger partial charge >= 0.3 is 0 Å². The van der Waals surface area contributed by atoms with Crippen molar-refractivity contribution in [2.75, 3.05) is 51.4 Å². The average molecular weight is 442 g/mol. The zero-order valence-corrected chi connectivity index (χ0v) is 18.7. The highest BCUT2D eigenvalue weighted by Crippen LogP contribution is 2.29. The van der Waals surface area contributed by atoms with Crippen LogP contribution in [0.15, 0.2) is 42.0 Å². The maximum atomic E-state index is 13.3. The molecule has 1 aromatic carbocycles. The fourth-order valence-corrected chi connectivity index (χ4v) is 4.39. The third-order valence-electron chi connectivity index (χ3n) is 5.33. The molecule has 9 heteroatoms. The smallest absolute Gasteiger partial charge is 0.296 e. The minimum absolute atomic E-state index is 0.134. The Balaban J connectivity index is 1.52. The van der Waals surface area contributed by atoms with Gasteiger partial charge in [-0.2, -0.15) is 0 Å². The molecule has 3 aromatic rings. The van der Waals surface area contributed by atoms with E-state index in [4.69, 9.17) is 14.5 Å². The average Bonchev–Trinajstić information content (AvgIpc) is 3.46. The lowest BCUT2D eigenvalue weighted by atomic mass is 10.2. The van der Waals surface area contributed by atoms with Gasteiger partial charge in [-0.3, -0.25) is 14.6 Å². The molecule has 0 spiro atoms. The molecule has 31 heavy (non-hydrogen) atoms. The van der Waals surface area contributed by atoms with Gasteiger partial charge in [-0.05, 0) is 30.7 Å². The molecule has 2 aromatic heterocycles. The van der Waals surface area contributed by atoms with Crippen LogP contribution in [0.25, 0.3) is 11.3 Å². The van der Waals surface area contributed by atoms with E-state index in [2.05, 4.69) is 9.88 Å². The summed E-state index contributed by atoms with van der Waals surface area (Å²) in [5.74, 6) is 1.08. The number of hydrogen-bond donors (Lipinski definition) is 0. The first kappa shape index (κ1) is 21.5. The first-order chi connectivity index (χ1) is 15.2. The maximum absolute atomic E-state index is 13.3. The van der Waals surface area contributed by atoms with E-state index in [0.29, 0.717) is 17.5 Å². The zero-order valence-electron chi connectivity index (χ0n) is 17.9. The third kappa shape index (κ3) is 5.12. The number of morpholine rings is 1. The summed E-state index contributed by atoms with van der Waals surface area (Å²) in [7, 11) is 3.48. The van der Waals surface area contributed by atoms with Crippen molar-refractivity contribution < 1.29 is 14.3 Å². The standard InChI is InChI=1S/C22H27N5O3S/c1-25-11-8-23-20(25)21(28)27(10-3-9-26-12-14-30-15-13-26)22-24-19(16-31-22)17-4-6-18(29-2)7-5-17/h4-8,11,16H,3,9-10,12-15H2,1-2H3. The van der Waals surface area contributed by atoms with Gasteiger partial charge in [-0.15, -0.1) is 11.3 Å². The molecule has 1 aliphatic rings. The Bertz CT molecular complexity index is 995. The quantitative estimate of drug-likeness (QED) is 0.535. The summed E-state index contributed by atoms with van der Waals surface area (Å²) >= 11 is 1.47. The molecule has 0 saturated carbocycles. The molecule has 0 N–H and O–H groups in total. The first-order valence-corrected chi connectivity index (χ1v) is 11.2. The molecule has 8 nitrogen and oxygen atoms in total. The largest absolute Gasteiger partial charge is 0.497 e. The molecule has 1 saturated heterocycles. The number of amides is 1. The van der Waals surface area contributed by atoms with Crippen LogP contribution >= 0.6 is 11.3 Å². The van der Waals surface area contributed by atoms with Gasteiger partial charge in [0.25, 0.3) is 5.91 Å². The fourth-order valence-electron chi connectivity index (χ4n) is 3.54. The number of thiazole rings is 1. The minimum Gasteiger partial charge on any atom is -0.497 e. The molecule has 0 bridgehead atoms. The molecule has 1 fully saturated rings. The zero-order chi connectivity index (χ0) is 21.6. The van der Waals surface area contributed by atoms with Crippen molar-refractivity contribution in [1.29, 1.82) is 0 Å². The van der Waals surface area contributed by atoms with E-state index in [0.717, 1.165) is 56.3 Å². The van der Waals surface area contributed by atoms with Gasteiger partial charge < -0.3 is 14.0 Å². The number of imidazole rings is 1. The second kappa shape index (κ2) is 10.0. The Morgan fingerprint density at radius 2 is 2.03 bits per heavy atom. The van der Waals surface area contributed by atoms with Crippen LogP contribution in [-0.2, 0) is 11.8 Å². The Labute approximate surface area is 186 Å².